The van der Waals surface area contributed by atoms with Crippen molar-refractivity contribution in [1.29, 1.82) is 0 Å². The highest BCUT2D eigenvalue weighted by Gasteiger charge is 2.17. The van der Waals surface area contributed by atoms with Crippen molar-refractivity contribution in [3.8, 4) is 17.2 Å². The molecule has 0 spiro atoms. The number of anilines is 4. The SMILES string of the molecule is CN(C)CCCOc1cc(F)ccc1NC(=O)c1cccnc1Nc1ccc(Oc2ccnc(N)c2Cl)c(F)c1. The third-order valence-electron chi connectivity index (χ3n) is 5.55. The minimum Gasteiger partial charge on any atom is -0.491 e. The number of halogens is 3. The number of ether oxygens (including phenoxy) is 2. The molecule has 12 heteroatoms. The van der Waals surface area contributed by atoms with Crippen LogP contribution in [0.3, 0.4) is 0 Å². The number of hydrogen-bond acceptors (Lipinski definition) is 8. The molecule has 4 rings (SSSR count). The lowest BCUT2D eigenvalue weighted by molar-refractivity contribution is 0.102. The Labute approximate surface area is 234 Å². The Bertz CT molecular complexity index is 1510. The number of benzene rings is 2. The molecule has 0 radical (unpaired) electrons. The maximum Gasteiger partial charge on any atom is 0.259 e. The number of aromatic nitrogens is 2. The quantitative estimate of drug-likeness (QED) is 0.186. The Hall–Kier alpha value is -4.48. The van der Waals surface area contributed by atoms with Gasteiger partial charge in [-0.2, -0.15) is 0 Å². The lowest BCUT2D eigenvalue weighted by Crippen LogP contribution is -2.17. The van der Waals surface area contributed by atoms with Crippen molar-refractivity contribution in [2.24, 2.45) is 0 Å². The van der Waals surface area contributed by atoms with Crippen LogP contribution in [0, 0.1) is 11.6 Å². The molecule has 2 aromatic carbocycles. The van der Waals surface area contributed by atoms with Gasteiger partial charge < -0.3 is 30.7 Å². The van der Waals surface area contributed by atoms with E-state index >= 15 is 0 Å². The van der Waals surface area contributed by atoms with Crippen LogP contribution in [0.15, 0.2) is 67.0 Å². The molecule has 0 saturated heterocycles. The first kappa shape index (κ1) is 28.5. The van der Waals surface area contributed by atoms with E-state index in [9.17, 15) is 13.6 Å². The second-order valence-corrected chi connectivity index (χ2v) is 9.26. The van der Waals surface area contributed by atoms with Crippen LogP contribution in [0.4, 0.5) is 31.8 Å². The van der Waals surface area contributed by atoms with Crippen LogP contribution < -0.4 is 25.8 Å². The van der Waals surface area contributed by atoms with Crippen LogP contribution in [0.2, 0.25) is 5.02 Å². The fourth-order valence-corrected chi connectivity index (χ4v) is 3.75. The Kier molecular flexibility index (Phi) is 9.31. The summed E-state index contributed by atoms with van der Waals surface area (Å²) in [5.41, 5.74) is 6.45. The number of nitrogens with two attached hydrogens (primary N) is 1. The third-order valence-corrected chi connectivity index (χ3v) is 5.93. The molecule has 0 aliphatic heterocycles. The van der Waals surface area contributed by atoms with E-state index in [1.54, 1.807) is 18.2 Å². The van der Waals surface area contributed by atoms with E-state index in [1.165, 1.54) is 48.8 Å². The molecule has 40 heavy (non-hydrogen) atoms. The first-order valence-corrected chi connectivity index (χ1v) is 12.6. The lowest BCUT2D eigenvalue weighted by atomic mass is 10.2. The molecule has 4 N–H and O–H groups in total. The van der Waals surface area contributed by atoms with E-state index in [4.69, 9.17) is 26.8 Å². The summed E-state index contributed by atoms with van der Waals surface area (Å²) in [6.45, 7) is 1.14. The highest BCUT2D eigenvalue weighted by molar-refractivity contribution is 6.34. The van der Waals surface area contributed by atoms with Crippen LogP contribution in [0.25, 0.3) is 0 Å². The lowest BCUT2D eigenvalue weighted by Gasteiger charge is -2.15. The van der Waals surface area contributed by atoms with Gasteiger partial charge in [0.2, 0.25) is 0 Å². The Morgan fingerprint density at radius 3 is 2.62 bits per heavy atom. The largest absolute Gasteiger partial charge is 0.491 e. The van der Waals surface area contributed by atoms with Gasteiger partial charge in [-0.15, -0.1) is 0 Å². The summed E-state index contributed by atoms with van der Waals surface area (Å²) >= 11 is 6.08. The van der Waals surface area contributed by atoms with Crippen molar-refractivity contribution in [3.05, 3.63) is 89.2 Å². The van der Waals surface area contributed by atoms with Gasteiger partial charge in [-0.1, -0.05) is 11.6 Å². The van der Waals surface area contributed by atoms with Gasteiger partial charge in [-0.3, -0.25) is 4.79 Å². The van der Waals surface area contributed by atoms with E-state index in [1.807, 2.05) is 19.0 Å². The van der Waals surface area contributed by atoms with Crippen molar-refractivity contribution in [1.82, 2.24) is 14.9 Å². The number of rotatable bonds is 11. The molecule has 0 saturated carbocycles. The molecule has 0 atom stereocenters. The van der Waals surface area contributed by atoms with Gasteiger partial charge in [-0.05, 0) is 56.9 Å². The number of nitrogen functional groups attached to an aromatic ring is 1. The molecule has 2 heterocycles. The molecule has 0 aliphatic carbocycles. The van der Waals surface area contributed by atoms with Crippen LogP contribution in [-0.4, -0.2) is 48.0 Å². The summed E-state index contributed by atoms with van der Waals surface area (Å²) in [5.74, 6) is -1.21. The van der Waals surface area contributed by atoms with E-state index in [-0.39, 0.29) is 39.5 Å². The molecule has 0 bridgehead atoms. The molecule has 4 aromatic rings. The topological polar surface area (TPSA) is 115 Å². The van der Waals surface area contributed by atoms with Crippen LogP contribution >= 0.6 is 11.6 Å². The molecule has 208 valence electrons. The molecule has 0 fully saturated rings. The minimum atomic E-state index is -0.694. The summed E-state index contributed by atoms with van der Waals surface area (Å²) < 4.78 is 40.0. The summed E-state index contributed by atoms with van der Waals surface area (Å²) in [4.78, 5) is 23.3. The number of carbonyl (C=O) groups excluding carboxylic acids is 1. The zero-order valence-corrected chi connectivity index (χ0v) is 22.5. The third kappa shape index (κ3) is 7.33. The van der Waals surface area contributed by atoms with Gasteiger partial charge in [0.05, 0.1) is 17.9 Å². The first-order chi connectivity index (χ1) is 19.2. The van der Waals surface area contributed by atoms with E-state index in [2.05, 4.69) is 20.6 Å². The molecule has 2 aromatic heterocycles. The maximum atomic E-state index is 14.9. The second kappa shape index (κ2) is 13.0. The first-order valence-electron chi connectivity index (χ1n) is 12.2. The zero-order chi connectivity index (χ0) is 28.6. The standard InChI is InChI=1S/C28H27ClF2N6O3/c1-37(2)13-4-14-39-24-15-17(30)6-8-21(24)36-28(38)19-5-3-11-34-27(19)35-18-7-9-22(20(31)16-18)40-23-10-12-33-26(32)25(23)29/h3,5-12,15-16H,4,13-14H2,1-2H3,(H2,32,33)(H,34,35)(H,36,38). The van der Waals surface area contributed by atoms with E-state index in [0.717, 1.165) is 13.0 Å². The number of hydrogen-bond donors (Lipinski definition) is 3. The summed E-state index contributed by atoms with van der Waals surface area (Å²) in [6.07, 6.45) is 3.60. The van der Waals surface area contributed by atoms with E-state index < -0.39 is 17.5 Å². The molecule has 1 amide bonds. The Balaban J connectivity index is 1.48. The predicted octanol–water partition coefficient (Wildman–Crippen LogP) is 6.11. The number of amides is 1. The number of pyridine rings is 2. The normalized spacial score (nSPS) is 10.8. The number of nitrogens with one attached hydrogen (secondary N) is 2. The van der Waals surface area contributed by atoms with Crippen LogP contribution in [0.1, 0.15) is 16.8 Å². The molecule has 0 unspecified atom stereocenters. The van der Waals surface area contributed by atoms with Gasteiger partial charge in [-0.25, -0.2) is 18.7 Å². The highest BCUT2D eigenvalue weighted by Crippen LogP contribution is 2.34. The Morgan fingerprint density at radius 1 is 1.02 bits per heavy atom. The highest BCUT2D eigenvalue weighted by atomic mass is 35.5. The molecular formula is C28H27ClF2N6O3. The van der Waals surface area contributed by atoms with Crippen LogP contribution in [0.5, 0.6) is 17.2 Å². The summed E-state index contributed by atoms with van der Waals surface area (Å²) in [7, 11) is 3.89. The van der Waals surface area contributed by atoms with Gasteiger partial charge in [0.1, 0.15) is 28.2 Å². The molecular weight excluding hydrogens is 542 g/mol. The predicted molar refractivity (Wildman–Crippen MR) is 151 cm³/mol. The van der Waals surface area contributed by atoms with Crippen molar-refractivity contribution in [3.63, 3.8) is 0 Å². The monoisotopic (exact) mass is 568 g/mol. The van der Waals surface area contributed by atoms with Gasteiger partial charge in [0, 0.05) is 42.8 Å². The molecule has 9 nitrogen and oxygen atoms in total. The Morgan fingerprint density at radius 2 is 1.85 bits per heavy atom. The second-order valence-electron chi connectivity index (χ2n) is 8.88. The average Bonchev–Trinajstić information content (AvgIpc) is 2.92. The fraction of sp³-hybridized carbons (Fsp3) is 0.179. The average molecular weight is 569 g/mol. The van der Waals surface area contributed by atoms with E-state index in [0.29, 0.717) is 18.0 Å². The van der Waals surface area contributed by atoms with Crippen LogP contribution in [-0.2, 0) is 0 Å². The van der Waals surface area contributed by atoms with Crippen molar-refractivity contribution >= 4 is 40.5 Å². The molecule has 0 aliphatic rings. The van der Waals surface area contributed by atoms with Gasteiger partial charge in [0.15, 0.2) is 17.3 Å². The zero-order valence-electron chi connectivity index (χ0n) is 21.7. The van der Waals surface area contributed by atoms with Gasteiger partial charge >= 0.3 is 0 Å². The van der Waals surface area contributed by atoms with Crippen molar-refractivity contribution in [2.45, 2.75) is 6.42 Å². The fourth-order valence-electron chi connectivity index (χ4n) is 3.60. The minimum absolute atomic E-state index is 0.0578. The smallest absolute Gasteiger partial charge is 0.259 e. The summed E-state index contributed by atoms with van der Waals surface area (Å²) in [6, 6.07) is 12.6. The van der Waals surface area contributed by atoms with Crippen molar-refractivity contribution < 1.29 is 23.0 Å². The van der Waals surface area contributed by atoms with Crippen molar-refractivity contribution in [2.75, 3.05) is 43.6 Å². The summed E-state index contributed by atoms with van der Waals surface area (Å²) in [5, 5.41) is 5.76. The van der Waals surface area contributed by atoms with Gasteiger partial charge in [0.25, 0.3) is 5.91 Å². The number of carbonyl (C=O) groups is 1. The number of nitrogens with zero attached hydrogens (tertiary/aromatic N) is 3. The maximum absolute atomic E-state index is 14.9.